The molecule has 0 radical (unpaired) electrons. The van der Waals surface area contributed by atoms with Crippen LogP contribution in [0.2, 0.25) is 0 Å². The van der Waals surface area contributed by atoms with Crippen molar-refractivity contribution in [1.82, 2.24) is 5.32 Å². The van der Waals surface area contributed by atoms with E-state index in [1.54, 1.807) is 6.07 Å². The number of benzene rings is 1. The van der Waals surface area contributed by atoms with Gasteiger partial charge in [0.15, 0.2) is 0 Å². The molecule has 0 amide bonds. The van der Waals surface area contributed by atoms with Gasteiger partial charge in [-0.3, -0.25) is 0 Å². The van der Waals surface area contributed by atoms with Crippen molar-refractivity contribution >= 4 is 0 Å². The molecule has 1 saturated carbocycles. The molecule has 3 unspecified atom stereocenters. The van der Waals surface area contributed by atoms with Crippen molar-refractivity contribution in [2.75, 3.05) is 13.6 Å². The zero-order valence-corrected chi connectivity index (χ0v) is 11.8. The first-order valence-corrected chi connectivity index (χ1v) is 7.18. The summed E-state index contributed by atoms with van der Waals surface area (Å²) in [5.41, 5.74) is 0.654. The minimum atomic E-state index is -0.495. The van der Waals surface area contributed by atoms with Gasteiger partial charge in [-0.25, -0.2) is 8.78 Å². The van der Waals surface area contributed by atoms with E-state index in [2.05, 4.69) is 12.2 Å². The zero-order valence-electron chi connectivity index (χ0n) is 11.8. The highest BCUT2D eigenvalue weighted by atomic mass is 19.1. The fourth-order valence-electron chi connectivity index (χ4n) is 3.31. The Balaban J connectivity index is 2.09. The summed E-state index contributed by atoms with van der Waals surface area (Å²) < 4.78 is 26.7. The quantitative estimate of drug-likeness (QED) is 0.875. The van der Waals surface area contributed by atoms with Crippen LogP contribution < -0.4 is 5.32 Å². The maximum Gasteiger partial charge on any atom is 0.129 e. The predicted octanol–water partition coefficient (Wildman–Crippen LogP) is 3.78. The summed E-state index contributed by atoms with van der Waals surface area (Å²) in [6.45, 7) is 3.25. The summed E-state index contributed by atoms with van der Waals surface area (Å²) in [6.07, 6.45) is 4.33. The van der Waals surface area contributed by atoms with Gasteiger partial charge in [0.1, 0.15) is 11.6 Å². The van der Waals surface area contributed by atoms with Crippen molar-refractivity contribution in [1.29, 1.82) is 0 Å². The maximum absolute atomic E-state index is 13.8. The molecule has 1 aromatic carbocycles. The normalized spacial score (nSPS) is 27.5. The molecule has 3 heteroatoms. The van der Waals surface area contributed by atoms with E-state index in [1.165, 1.54) is 18.9 Å². The second-order valence-corrected chi connectivity index (χ2v) is 5.94. The first-order chi connectivity index (χ1) is 9.10. The van der Waals surface area contributed by atoms with E-state index >= 15 is 0 Å². The predicted molar refractivity (Wildman–Crippen MR) is 74.0 cm³/mol. The lowest BCUT2D eigenvalue weighted by Crippen LogP contribution is -2.32. The van der Waals surface area contributed by atoms with E-state index in [1.807, 2.05) is 7.05 Å². The van der Waals surface area contributed by atoms with Gasteiger partial charge in [0.2, 0.25) is 0 Å². The Labute approximate surface area is 114 Å². The molecule has 106 valence electrons. The summed E-state index contributed by atoms with van der Waals surface area (Å²) in [5, 5.41) is 3.24. The number of halogens is 2. The summed E-state index contributed by atoms with van der Waals surface area (Å²) >= 11 is 0. The highest BCUT2D eigenvalue weighted by Crippen LogP contribution is 2.35. The lowest BCUT2D eigenvalue weighted by molar-refractivity contribution is 0.185. The molecule has 3 atom stereocenters. The van der Waals surface area contributed by atoms with Crippen LogP contribution in [0.1, 0.15) is 31.7 Å². The molecule has 0 aromatic heterocycles. The average Bonchev–Trinajstić information content (AvgIpc) is 2.36. The van der Waals surface area contributed by atoms with Crippen molar-refractivity contribution in [3.05, 3.63) is 35.4 Å². The topological polar surface area (TPSA) is 12.0 Å². The SMILES string of the molecule is CNCC1CCC(C)CC1Cc1ccc(F)cc1F. The van der Waals surface area contributed by atoms with Crippen LogP contribution in [-0.4, -0.2) is 13.6 Å². The fraction of sp³-hybridized carbons (Fsp3) is 0.625. The van der Waals surface area contributed by atoms with E-state index in [0.717, 1.165) is 25.5 Å². The van der Waals surface area contributed by atoms with Crippen LogP contribution in [-0.2, 0) is 6.42 Å². The number of nitrogens with one attached hydrogen (secondary N) is 1. The largest absolute Gasteiger partial charge is 0.319 e. The molecule has 1 aromatic rings. The summed E-state index contributed by atoms with van der Waals surface area (Å²) in [7, 11) is 1.97. The van der Waals surface area contributed by atoms with Gasteiger partial charge >= 0.3 is 0 Å². The summed E-state index contributed by atoms with van der Waals surface area (Å²) in [4.78, 5) is 0. The minimum Gasteiger partial charge on any atom is -0.319 e. The molecule has 0 heterocycles. The third-order valence-corrected chi connectivity index (χ3v) is 4.37. The van der Waals surface area contributed by atoms with Gasteiger partial charge in [-0.2, -0.15) is 0 Å². The van der Waals surface area contributed by atoms with Gasteiger partial charge in [0, 0.05) is 6.07 Å². The molecule has 0 saturated heterocycles. The number of hydrogen-bond acceptors (Lipinski definition) is 1. The number of hydrogen-bond donors (Lipinski definition) is 1. The van der Waals surface area contributed by atoms with Crippen molar-refractivity contribution in [3.8, 4) is 0 Å². The van der Waals surface area contributed by atoms with Crippen LogP contribution >= 0.6 is 0 Å². The second-order valence-electron chi connectivity index (χ2n) is 5.94. The van der Waals surface area contributed by atoms with Gasteiger partial charge in [-0.15, -0.1) is 0 Å². The molecule has 1 N–H and O–H groups in total. The van der Waals surface area contributed by atoms with E-state index in [4.69, 9.17) is 0 Å². The van der Waals surface area contributed by atoms with Gasteiger partial charge < -0.3 is 5.32 Å². The highest BCUT2D eigenvalue weighted by molar-refractivity contribution is 5.19. The standard InChI is InChI=1S/C16H23F2N/c1-11-3-4-13(10-19-2)14(7-11)8-12-5-6-15(17)9-16(12)18/h5-6,9,11,13-14,19H,3-4,7-8,10H2,1-2H3. The molecule has 1 aliphatic rings. The van der Waals surface area contributed by atoms with Crippen LogP contribution in [0, 0.1) is 29.4 Å². The molecule has 1 aliphatic carbocycles. The molecular weight excluding hydrogens is 244 g/mol. The van der Waals surface area contributed by atoms with Gasteiger partial charge in [-0.1, -0.05) is 19.4 Å². The fourth-order valence-corrected chi connectivity index (χ4v) is 3.31. The molecular formula is C16H23F2N. The molecule has 0 spiro atoms. The lowest BCUT2D eigenvalue weighted by atomic mass is 9.72. The van der Waals surface area contributed by atoms with E-state index in [-0.39, 0.29) is 0 Å². The first kappa shape index (κ1) is 14.4. The molecule has 19 heavy (non-hydrogen) atoms. The van der Waals surface area contributed by atoms with Crippen LogP contribution in [0.5, 0.6) is 0 Å². The Bertz CT molecular complexity index is 419. The third kappa shape index (κ3) is 3.75. The van der Waals surface area contributed by atoms with E-state index in [9.17, 15) is 8.78 Å². The maximum atomic E-state index is 13.8. The van der Waals surface area contributed by atoms with Gasteiger partial charge in [0.05, 0.1) is 0 Å². The average molecular weight is 267 g/mol. The van der Waals surface area contributed by atoms with Crippen molar-refractivity contribution in [2.45, 2.75) is 32.6 Å². The van der Waals surface area contributed by atoms with Crippen LogP contribution in [0.15, 0.2) is 18.2 Å². The summed E-state index contributed by atoms with van der Waals surface area (Å²) in [5.74, 6) is 0.912. The van der Waals surface area contributed by atoms with E-state index < -0.39 is 11.6 Å². The third-order valence-electron chi connectivity index (χ3n) is 4.37. The zero-order chi connectivity index (χ0) is 13.8. The molecule has 2 rings (SSSR count). The van der Waals surface area contributed by atoms with Gasteiger partial charge in [-0.05, 0) is 62.2 Å². The monoisotopic (exact) mass is 267 g/mol. The molecule has 1 fully saturated rings. The summed E-state index contributed by atoms with van der Waals surface area (Å²) in [6, 6.07) is 3.95. The Hall–Kier alpha value is -0.960. The van der Waals surface area contributed by atoms with E-state index in [0.29, 0.717) is 23.3 Å². The lowest BCUT2D eigenvalue weighted by Gasteiger charge is -2.35. The first-order valence-electron chi connectivity index (χ1n) is 7.18. The van der Waals surface area contributed by atoms with Crippen molar-refractivity contribution < 1.29 is 8.78 Å². The second kappa shape index (κ2) is 6.47. The molecule has 1 nitrogen and oxygen atoms in total. The van der Waals surface area contributed by atoms with Crippen LogP contribution in [0.4, 0.5) is 8.78 Å². The van der Waals surface area contributed by atoms with Crippen LogP contribution in [0.3, 0.4) is 0 Å². The Morgan fingerprint density at radius 2 is 2.00 bits per heavy atom. The Kier molecular flexibility index (Phi) is 4.92. The van der Waals surface area contributed by atoms with Crippen molar-refractivity contribution in [3.63, 3.8) is 0 Å². The Morgan fingerprint density at radius 3 is 2.68 bits per heavy atom. The molecule has 0 aliphatic heterocycles. The minimum absolute atomic E-state index is 0.401. The highest BCUT2D eigenvalue weighted by Gasteiger charge is 2.28. The van der Waals surface area contributed by atoms with Crippen LogP contribution in [0.25, 0.3) is 0 Å². The van der Waals surface area contributed by atoms with Gasteiger partial charge in [0.25, 0.3) is 0 Å². The van der Waals surface area contributed by atoms with Crippen molar-refractivity contribution in [2.24, 2.45) is 17.8 Å². The molecule has 0 bridgehead atoms. The smallest absolute Gasteiger partial charge is 0.129 e. The number of rotatable bonds is 4. The Morgan fingerprint density at radius 1 is 1.21 bits per heavy atom.